The third-order valence-electron chi connectivity index (χ3n) is 6.16. The average molecular weight is 664 g/mol. The zero-order chi connectivity index (χ0) is 26.4. The van der Waals surface area contributed by atoms with Crippen molar-refractivity contribution in [1.82, 2.24) is 10.0 Å². The molecule has 6 nitrogen and oxygen atoms in total. The van der Waals surface area contributed by atoms with Crippen LogP contribution < -0.4 is 34.0 Å². The van der Waals surface area contributed by atoms with Crippen LogP contribution in [-0.4, -0.2) is 76.3 Å². The maximum Gasteiger partial charge on any atom is 0.217 e. The lowest BCUT2D eigenvalue weighted by atomic mass is 10.0. The second-order valence-electron chi connectivity index (χ2n) is 11.1. The number of sulfonamides is 1. The highest BCUT2D eigenvalue weighted by molar-refractivity contribution is 7.99. The Morgan fingerprint density at radius 3 is 1.72 bits per heavy atom. The van der Waals surface area contributed by atoms with Crippen molar-refractivity contribution in [3.8, 4) is 0 Å². The molecule has 0 saturated carbocycles. The molecule has 0 aliphatic heterocycles. The molecule has 0 aromatic carbocycles. The molecule has 0 aromatic rings. The molecule has 9 heteroatoms. The predicted molar refractivity (Wildman–Crippen MR) is 155 cm³/mol. The van der Waals surface area contributed by atoms with Gasteiger partial charge in [-0.3, -0.25) is 4.79 Å². The highest BCUT2D eigenvalue weighted by atomic mass is 127. The minimum atomic E-state index is -3.32. The number of halogens is 1. The summed E-state index contributed by atoms with van der Waals surface area (Å²) in [4.78, 5) is 11.5. The molecule has 0 radical (unpaired) electrons. The van der Waals surface area contributed by atoms with E-state index in [-0.39, 0.29) is 48.2 Å². The summed E-state index contributed by atoms with van der Waals surface area (Å²) in [6, 6.07) is -0.169. The van der Waals surface area contributed by atoms with E-state index < -0.39 is 10.0 Å². The topological polar surface area (TPSA) is 75.3 Å². The number of quaternary nitrogens is 1. The number of amides is 1. The molecule has 0 heterocycles. The summed E-state index contributed by atoms with van der Waals surface area (Å²) in [5.41, 5.74) is 0. The lowest BCUT2D eigenvalue weighted by Gasteiger charge is -2.23. The monoisotopic (exact) mass is 663 g/mol. The second kappa shape index (κ2) is 24.5. The van der Waals surface area contributed by atoms with Crippen LogP contribution in [0.2, 0.25) is 0 Å². The summed E-state index contributed by atoms with van der Waals surface area (Å²) in [5, 5.41) is 2.90. The Kier molecular flexibility index (Phi) is 26.2. The predicted octanol–water partition coefficient (Wildman–Crippen LogP) is 2.73. The van der Waals surface area contributed by atoms with E-state index >= 15 is 0 Å². The Labute approximate surface area is 245 Å². The van der Waals surface area contributed by atoms with Crippen LogP contribution in [-0.2, 0) is 14.8 Å². The molecular weight excluding hydrogens is 605 g/mol. The number of carbonyl (C=O) groups is 1. The molecule has 1 atom stereocenters. The minimum absolute atomic E-state index is 0. The molecule has 0 aromatic heterocycles. The number of nitrogens with zero attached hydrogens (tertiary/aromatic N) is 1. The van der Waals surface area contributed by atoms with Crippen molar-refractivity contribution >= 4 is 27.7 Å². The first-order valence-electron chi connectivity index (χ1n) is 14.2. The van der Waals surface area contributed by atoms with Crippen molar-refractivity contribution in [2.24, 2.45) is 0 Å². The number of carbonyl (C=O) groups excluding carboxylic acids is 1. The Hall–Kier alpha value is 0.420. The van der Waals surface area contributed by atoms with Gasteiger partial charge < -0.3 is 33.8 Å². The third kappa shape index (κ3) is 29.0. The normalized spacial score (nSPS) is 12.8. The van der Waals surface area contributed by atoms with Crippen molar-refractivity contribution in [2.45, 2.75) is 116 Å². The van der Waals surface area contributed by atoms with Gasteiger partial charge in [0.2, 0.25) is 15.9 Å². The van der Waals surface area contributed by atoms with Crippen LogP contribution in [0, 0.1) is 0 Å². The third-order valence-corrected chi connectivity index (χ3v) is 8.81. The van der Waals surface area contributed by atoms with Crippen molar-refractivity contribution in [1.29, 1.82) is 0 Å². The van der Waals surface area contributed by atoms with E-state index in [0.717, 1.165) is 22.5 Å². The van der Waals surface area contributed by atoms with Crippen LogP contribution in [0.5, 0.6) is 0 Å². The Morgan fingerprint density at radius 2 is 1.28 bits per heavy atom. The molecule has 0 rings (SSSR count). The van der Waals surface area contributed by atoms with E-state index in [2.05, 4.69) is 38.1 Å². The van der Waals surface area contributed by atoms with Crippen LogP contribution in [0.1, 0.15) is 110 Å². The molecule has 2 N–H and O–H groups in total. The summed E-state index contributed by atoms with van der Waals surface area (Å²) in [5.74, 6) is 1.81. The van der Waals surface area contributed by atoms with Gasteiger partial charge in [-0.1, -0.05) is 90.4 Å². The van der Waals surface area contributed by atoms with Gasteiger partial charge in [0.1, 0.15) is 0 Å². The molecule has 1 unspecified atom stereocenters. The highest BCUT2D eigenvalue weighted by Gasteiger charge is 2.17. The Balaban J connectivity index is 0. The standard InChI is InChI=1S/C27H57N3O3S2.HI/c1-6-7-8-9-10-11-12-13-14-15-16-17-18-19-22-34-25-27(29-26(2)31)24-28-35(32,33)23-20-21-30(3,4)5;/h27-28H,6-25H2,1-5H3;1H. The summed E-state index contributed by atoms with van der Waals surface area (Å²) in [6.07, 6.45) is 19.7. The molecule has 0 aliphatic rings. The Morgan fingerprint density at radius 1 is 0.806 bits per heavy atom. The summed E-state index contributed by atoms with van der Waals surface area (Å²) < 4.78 is 28.0. The zero-order valence-corrected chi connectivity index (χ0v) is 27.9. The number of hydrogen-bond acceptors (Lipinski definition) is 4. The van der Waals surface area contributed by atoms with Gasteiger partial charge in [-0.15, -0.1) is 0 Å². The van der Waals surface area contributed by atoms with E-state index in [1.807, 2.05) is 11.8 Å². The zero-order valence-electron chi connectivity index (χ0n) is 24.1. The van der Waals surface area contributed by atoms with Crippen molar-refractivity contribution in [3.05, 3.63) is 0 Å². The number of nitrogens with one attached hydrogen (secondary N) is 2. The smallest absolute Gasteiger partial charge is 0.217 e. The van der Waals surface area contributed by atoms with E-state index in [1.165, 1.54) is 96.8 Å². The Bertz CT molecular complexity index is 614. The van der Waals surface area contributed by atoms with Gasteiger partial charge in [0.05, 0.1) is 39.5 Å². The lowest BCUT2D eigenvalue weighted by Crippen LogP contribution is -3.00. The second-order valence-corrected chi connectivity index (χ2v) is 14.2. The van der Waals surface area contributed by atoms with E-state index in [9.17, 15) is 13.2 Å². The molecule has 0 saturated heterocycles. The molecule has 0 spiro atoms. The highest BCUT2D eigenvalue weighted by Crippen LogP contribution is 2.14. The van der Waals surface area contributed by atoms with Crippen molar-refractivity contribution in [2.75, 3.05) is 51.5 Å². The molecular formula is C27H58IN3O3S2. The average Bonchev–Trinajstić information content (AvgIpc) is 2.75. The summed E-state index contributed by atoms with van der Waals surface area (Å²) >= 11 is 1.81. The van der Waals surface area contributed by atoms with E-state index in [1.54, 1.807) is 0 Å². The molecule has 0 bridgehead atoms. The van der Waals surface area contributed by atoms with Crippen LogP contribution >= 0.6 is 11.8 Å². The van der Waals surface area contributed by atoms with Crippen LogP contribution in [0.4, 0.5) is 0 Å². The minimum Gasteiger partial charge on any atom is -1.00 e. The van der Waals surface area contributed by atoms with Gasteiger partial charge in [-0.25, -0.2) is 13.1 Å². The molecule has 218 valence electrons. The number of unbranched alkanes of at least 4 members (excludes halogenated alkanes) is 13. The molecule has 1 amide bonds. The van der Waals surface area contributed by atoms with Gasteiger partial charge in [0.15, 0.2) is 0 Å². The van der Waals surface area contributed by atoms with Gasteiger partial charge in [0, 0.05) is 25.6 Å². The maximum atomic E-state index is 12.3. The van der Waals surface area contributed by atoms with Crippen molar-refractivity contribution in [3.63, 3.8) is 0 Å². The largest absolute Gasteiger partial charge is 1.00 e. The molecule has 0 fully saturated rings. The maximum absolute atomic E-state index is 12.3. The van der Waals surface area contributed by atoms with Gasteiger partial charge in [0.25, 0.3) is 0 Å². The van der Waals surface area contributed by atoms with Crippen LogP contribution in [0.25, 0.3) is 0 Å². The summed E-state index contributed by atoms with van der Waals surface area (Å²) in [6.45, 7) is 4.83. The fourth-order valence-electron chi connectivity index (χ4n) is 4.09. The lowest BCUT2D eigenvalue weighted by molar-refractivity contribution is -0.870. The fraction of sp³-hybridized carbons (Fsp3) is 0.963. The van der Waals surface area contributed by atoms with E-state index in [0.29, 0.717) is 6.42 Å². The number of rotatable bonds is 25. The first-order valence-corrected chi connectivity index (χ1v) is 17.0. The van der Waals surface area contributed by atoms with Crippen molar-refractivity contribution < 1.29 is 41.7 Å². The van der Waals surface area contributed by atoms with E-state index in [4.69, 9.17) is 0 Å². The SMILES string of the molecule is CCCCCCCCCCCCCCCCSCC(CNS(=O)(=O)CCC[N+](C)(C)C)NC(C)=O.[I-]. The van der Waals surface area contributed by atoms with Crippen LogP contribution in [0.3, 0.4) is 0 Å². The first-order chi connectivity index (χ1) is 16.6. The first kappa shape index (κ1) is 38.6. The van der Waals surface area contributed by atoms with Gasteiger partial charge in [-0.2, -0.15) is 11.8 Å². The fourth-order valence-corrected chi connectivity index (χ4v) is 6.26. The molecule has 0 aliphatic carbocycles. The number of thioether (sulfide) groups is 1. The van der Waals surface area contributed by atoms with Gasteiger partial charge in [-0.05, 0) is 12.2 Å². The van der Waals surface area contributed by atoms with Crippen LogP contribution in [0.15, 0.2) is 0 Å². The number of hydrogen-bond donors (Lipinski definition) is 2. The molecule has 36 heavy (non-hydrogen) atoms. The van der Waals surface area contributed by atoms with Gasteiger partial charge >= 0.3 is 0 Å². The quantitative estimate of drug-likeness (QED) is 0.0896. The summed E-state index contributed by atoms with van der Waals surface area (Å²) in [7, 11) is 2.86.